The lowest BCUT2D eigenvalue weighted by Crippen LogP contribution is -2.24. The smallest absolute Gasteiger partial charge is 0.337 e. The number of thiazole rings is 1. The molecule has 0 bridgehead atoms. The Bertz CT molecular complexity index is 635. The summed E-state index contributed by atoms with van der Waals surface area (Å²) in [6.45, 7) is 2.33. The maximum absolute atomic E-state index is 11.8. The van der Waals surface area contributed by atoms with Crippen LogP contribution >= 0.6 is 11.3 Å². The number of hydrogen-bond donors (Lipinski definition) is 1. The van der Waals surface area contributed by atoms with E-state index in [1.54, 1.807) is 24.3 Å². The van der Waals surface area contributed by atoms with Crippen LogP contribution in [0, 0.1) is 6.92 Å². The van der Waals surface area contributed by atoms with Crippen molar-refractivity contribution < 1.29 is 14.3 Å². The van der Waals surface area contributed by atoms with Gasteiger partial charge < -0.3 is 10.1 Å². The SMILES string of the molecule is COC(=O)c1ccc(CNC(=O)Cc2csc(C)n2)cc1. The third-order valence-corrected chi connectivity index (χ3v) is 3.70. The van der Waals surface area contributed by atoms with Gasteiger partial charge in [-0.3, -0.25) is 4.79 Å². The van der Waals surface area contributed by atoms with E-state index in [9.17, 15) is 9.59 Å². The van der Waals surface area contributed by atoms with Gasteiger partial charge in [-0.15, -0.1) is 11.3 Å². The van der Waals surface area contributed by atoms with Crippen LogP contribution in [0.25, 0.3) is 0 Å². The Balaban J connectivity index is 1.85. The van der Waals surface area contributed by atoms with E-state index >= 15 is 0 Å². The van der Waals surface area contributed by atoms with E-state index in [4.69, 9.17) is 0 Å². The molecule has 0 atom stereocenters. The van der Waals surface area contributed by atoms with E-state index < -0.39 is 0 Å². The summed E-state index contributed by atoms with van der Waals surface area (Å²) >= 11 is 1.53. The highest BCUT2D eigenvalue weighted by Crippen LogP contribution is 2.09. The van der Waals surface area contributed by atoms with Gasteiger partial charge in [0.1, 0.15) is 0 Å². The highest BCUT2D eigenvalue weighted by molar-refractivity contribution is 7.09. The van der Waals surface area contributed by atoms with Gasteiger partial charge in [-0.25, -0.2) is 9.78 Å². The van der Waals surface area contributed by atoms with Gasteiger partial charge in [0.25, 0.3) is 0 Å². The Morgan fingerprint density at radius 2 is 2.00 bits per heavy atom. The zero-order chi connectivity index (χ0) is 15.2. The first-order valence-electron chi connectivity index (χ1n) is 6.43. The van der Waals surface area contributed by atoms with Crippen LogP contribution in [-0.2, 0) is 22.5 Å². The van der Waals surface area contributed by atoms with Crippen molar-refractivity contribution in [1.29, 1.82) is 0 Å². The second kappa shape index (κ2) is 6.99. The first kappa shape index (κ1) is 15.2. The Hall–Kier alpha value is -2.21. The fraction of sp³-hybridized carbons (Fsp3) is 0.267. The first-order chi connectivity index (χ1) is 10.1. The van der Waals surface area contributed by atoms with Crippen molar-refractivity contribution in [3.63, 3.8) is 0 Å². The van der Waals surface area contributed by atoms with E-state index in [1.165, 1.54) is 18.4 Å². The highest BCUT2D eigenvalue weighted by Gasteiger charge is 2.07. The van der Waals surface area contributed by atoms with Gasteiger partial charge >= 0.3 is 5.97 Å². The molecule has 1 aromatic carbocycles. The average Bonchev–Trinajstić information content (AvgIpc) is 2.90. The number of carbonyl (C=O) groups excluding carboxylic acids is 2. The van der Waals surface area contributed by atoms with Crippen molar-refractivity contribution in [2.75, 3.05) is 7.11 Å². The summed E-state index contributed by atoms with van der Waals surface area (Å²) in [7, 11) is 1.34. The normalized spacial score (nSPS) is 10.2. The van der Waals surface area contributed by atoms with E-state index in [2.05, 4.69) is 15.0 Å². The Morgan fingerprint density at radius 1 is 1.29 bits per heavy atom. The number of ether oxygens (including phenoxy) is 1. The molecule has 2 rings (SSSR count). The number of amides is 1. The minimum atomic E-state index is -0.371. The lowest BCUT2D eigenvalue weighted by Gasteiger charge is -2.05. The van der Waals surface area contributed by atoms with Gasteiger partial charge in [-0.2, -0.15) is 0 Å². The van der Waals surface area contributed by atoms with Crippen molar-refractivity contribution in [1.82, 2.24) is 10.3 Å². The topological polar surface area (TPSA) is 68.3 Å². The van der Waals surface area contributed by atoms with Gasteiger partial charge in [-0.05, 0) is 24.6 Å². The minimum absolute atomic E-state index is 0.0719. The third-order valence-electron chi connectivity index (χ3n) is 2.87. The molecule has 110 valence electrons. The van der Waals surface area contributed by atoms with Crippen LogP contribution in [0.5, 0.6) is 0 Å². The summed E-state index contributed by atoms with van der Waals surface area (Å²) in [4.78, 5) is 27.3. The fourth-order valence-electron chi connectivity index (χ4n) is 1.79. The van der Waals surface area contributed by atoms with Crippen LogP contribution in [0.3, 0.4) is 0 Å². The molecule has 0 saturated carbocycles. The van der Waals surface area contributed by atoms with Gasteiger partial charge in [0.2, 0.25) is 5.91 Å². The lowest BCUT2D eigenvalue weighted by molar-refractivity contribution is -0.120. The lowest BCUT2D eigenvalue weighted by atomic mass is 10.1. The molecule has 1 heterocycles. The third kappa shape index (κ3) is 4.39. The molecule has 21 heavy (non-hydrogen) atoms. The molecule has 1 amide bonds. The number of aryl methyl sites for hydroxylation is 1. The number of nitrogens with one attached hydrogen (secondary N) is 1. The van der Waals surface area contributed by atoms with Crippen molar-refractivity contribution >= 4 is 23.2 Å². The molecule has 0 spiro atoms. The molecule has 0 radical (unpaired) electrons. The number of hydrogen-bond acceptors (Lipinski definition) is 5. The minimum Gasteiger partial charge on any atom is -0.465 e. The van der Waals surface area contributed by atoms with Crippen molar-refractivity contribution in [2.24, 2.45) is 0 Å². The van der Waals surface area contributed by atoms with Gasteiger partial charge in [0, 0.05) is 11.9 Å². The molecule has 2 aromatic rings. The van der Waals surface area contributed by atoms with E-state index in [-0.39, 0.29) is 18.3 Å². The molecule has 0 aliphatic heterocycles. The zero-order valence-corrected chi connectivity index (χ0v) is 12.7. The summed E-state index contributed by atoms with van der Waals surface area (Å²) in [5.74, 6) is -0.443. The molecular weight excluding hydrogens is 288 g/mol. The second-order valence-electron chi connectivity index (χ2n) is 4.50. The maximum Gasteiger partial charge on any atom is 0.337 e. The molecule has 1 N–H and O–H groups in total. The van der Waals surface area contributed by atoms with Crippen molar-refractivity contribution in [3.05, 3.63) is 51.5 Å². The molecule has 0 fully saturated rings. The predicted molar refractivity (Wildman–Crippen MR) is 80.2 cm³/mol. The van der Waals surface area contributed by atoms with Crippen LogP contribution in [-0.4, -0.2) is 24.0 Å². The summed E-state index contributed by atoms with van der Waals surface area (Å²) in [5.41, 5.74) is 2.20. The van der Waals surface area contributed by atoms with Crippen LogP contribution in [0.1, 0.15) is 26.6 Å². The molecule has 6 heteroatoms. The van der Waals surface area contributed by atoms with E-state index in [0.717, 1.165) is 16.3 Å². The van der Waals surface area contributed by atoms with Gasteiger partial charge in [0.15, 0.2) is 0 Å². The number of carbonyl (C=O) groups is 2. The second-order valence-corrected chi connectivity index (χ2v) is 5.56. The number of rotatable bonds is 5. The van der Waals surface area contributed by atoms with Gasteiger partial charge in [0.05, 0.1) is 29.8 Å². The summed E-state index contributed by atoms with van der Waals surface area (Å²) < 4.78 is 4.63. The zero-order valence-electron chi connectivity index (χ0n) is 11.9. The Labute approximate surface area is 127 Å². The quantitative estimate of drug-likeness (QED) is 0.859. The Morgan fingerprint density at radius 3 is 2.57 bits per heavy atom. The molecule has 0 unspecified atom stereocenters. The molecule has 0 aliphatic carbocycles. The number of benzene rings is 1. The highest BCUT2D eigenvalue weighted by atomic mass is 32.1. The standard InChI is InChI=1S/C15H16N2O3S/c1-10-17-13(9-21-10)7-14(18)16-8-11-3-5-12(6-4-11)15(19)20-2/h3-6,9H,7-8H2,1-2H3,(H,16,18). The monoisotopic (exact) mass is 304 g/mol. The predicted octanol–water partition coefficient (Wildman–Crippen LogP) is 2.10. The Kier molecular flexibility index (Phi) is 5.05. The van der Waals surface area contributed by atoms with Gasteiger partial charge in [-0.1, -0.05) is 12.1 Å². The summed E-state index contributed by atoms with van der Waals surface area (Å²) in [5, 5.41) is 5.67. The largest absolute Gasteiger partial charge is 0.465 e. The molecule has 0 saturated heterocycles. The van der Waals surface area contributed by atoms with Crippen molar-refractivity contribution in [2.45, 2.75) is 19.9 Å². The van der Waals surface area contributed by atoms with Crippen LogP contribution < -0.4 is 5.32 Å². The number of aromatic nitrogens is 1. The van der Waals surface area contributed by atoms with Crippen LogP contribution in [0.2, 0.25) is 0 Å². The van der Waals surface area contributed by atoms with E-state index in [1.807, 2.05) is 12.3 Å². The molecular formula is C15H16N2O3S. The molecule has 0 aliphatic rings. The number of methoxy groups -OCH3 is 1. The maximum atomic E-state index is 11.8. The summed E-state index contributed by atoms with van der Waals surface area (Å²) in [6, 6.07) is 6.94. The summed E-state index contributed by atoms with van der Waals surface area (Å²) in [6.07, 6.45) is 0.282. The number of nitrogens with zero attached hydrogens (tertiary/aromatic N) is 1. The number of esters is 1. The molecule has 1 aromatic heterocycles. The van der Waals surface area contributed by atoms with Crippen molar-refractivity contribution in [3.8, 4) is 0 Å². The van der Waals surface area contributed by atoms with Crippen LogP contribution in [0.4, 0.5) is 0 Å². The average molecular weight is 304 g/mol. The first-order valence-corrected chi connectivity index (χ1v) is 7.31. The van der Waals surface area contributed by atoms with E-state index in [0.29, 0.717) is 12.1 Å². The van der Waals surface area contributed by atoms with Crippen LogP contribution in [0.15, 0.2) is 29.6 Å². The fourth-order valence-corrected chi connectivity index (χ4v) is 2.41. The molecule has 5 nitrogen and oxygen atoms in total.